The quantitative estimate of drug-likeness (QED) is 0.742. The molecule has 5 nitrogen and oxygen atoms in total. The zero-order valence-corrected chi connectivity index (χ0v) is 18.0. The molecule has 1 aliphatic heterocycles. The highest BCUT2D eigenvalue weighted by Gasteiger charge is 2.35. The van der Waals surface area contributed by atoms with Crippen LogP contribution in [0.2, 0.25) is 0 Å². The van der Waals surface area contributed by atoms with E-state index in [0.717, 1.165) is 5.84 Å². The van der Waals surface area contributed by atoms with Crippen LogP contribution in [0.15, 0.2) is 41.5 Å². The van der Waals surface area contributed by atoms with Gasteiger partial charge in [-0.15, -0.1) is 11.8 Å². The molecular weight excluding hydrogens is 370 g/mol. The number of carbonyl (C=O) groups is 1. The topological polar surface area (TPSA) is 64.9 Å². The molecule has 6 heteroatoms. The molecule has 2 aromatic carbocycles. The van der Waals surface area contributed by atoms with Crippen LogP contribution in [0.25, 0.3) is 10.8 Å². The molecule has 0 amide bonds. The maximum atomic E-state index is 11.6. The third-order valence-corrected chi connectivity index (χ3v) is 6.68. The number of carboxylic acids is 1. The summed E-state index contributed by atoms with van der Waals surface area (Å²) in [5, 5.41) is 16.5. The lowest BCUT2D eigenvalue weighted by Gasteiger charge is -2.39. The van der Waals surface area contributed by atoms with Crippen molar-refractivity contribution in [2.75, 3.05) is 6.54 Å². The minimum Gasteiger partial charge on any atom is -0.480 e. The number of hydrogen-bond donors (Lipinski definition) is 2. The van der Waals surface area contributed by atoms with Gasteiger partial charge in [-0.3, -0.25) is 4.79 Å². The number of hydrogen-bond acceptors (Lipinski definition) is 5. The summed E-state index contributed by atoms with van der Waals surface area (Å²) in [6.07, 6.45) is 0. The number of rotatable bonds is 6. The molecule has 1 aliphatic rings. The zero-order chi connectivity index (χ0) is 20.5. The van der Waals surface area contributed by atoms with E-state index in [1.165, 1.54) is 33.7 Å². The van der Waals surface area contributed by atoms with E-state index >= 15 is 0 Å². The Morgan fingerprint density at radius 2 is 1.96 bits per heavy atom. The number of benzene rings is 2. The second-order valence-electron chi connectivity index (χ2n) is 8.05. The normalized spacial score (nSPS) is 17.6. The van der Waals surface area contributed by atoms with Crippen LogP contribution in [0.1, 0.15) is 51.7 Å². The van der Waals surface area contributed by atoms with E-state index in [2.05, 4.69) is 65.7 Å². The molecule has 1 atom stereocenters. The molecule has 0 radical (unpaired) electrons. The standard InChI is InChI=1S/C22H29N3O2S/c1-14(2)17-11-10-16(18-8-6-7-9-19(17)18)13-25-15(3)24-23-12-20(25)28-22(4,5)21(26)27/h6-11,14,20,23H,12-13H2,1-5H3,(H,26,27). The molecule has 0 saturated heterocycles. The van der Waals surface area contributed by atoms with Gasteiger partial charge >= 0.3 is 5.97 Å². The van der Waals surface area contributed by atoms with Crippen molar-refractivity contribution in [3.05, 3.63) is 47.5 Å². The molecule has 150 valence electrons. The molecule has 2 N–H and O–H groups in total. The average Bonchev–Trinajstić information content (AvgIpc) is 2.64. The average molecular weight is 400 g/mol. The van der Waals surface area contributed by atoms with E-state index in [0.29, 0.717) is 19.0 Å². The van der Waals surface area contributed by atoms with Crippen molar-refractivity contribution in [2.45, 2.75) is 57.2 Å². The molecule has 0 aliphatic carbocycles. The van der Waals surface area contributed by atoms with Crippen LogP contribution in [-0.2, 0) is 11.3 Å². The minimum atomic E-state index is -0.869. The van der Waals surface area contributed by atoms with Gasteiger partial charge in [0.25, 0.3) is 0 Å². The first-order valence-electron chi connectivity index (χ1n) is 9.66. The van der Waals surface area contributed by atoms with Gasteiger partial charge in [0.05, 0.1) is 11.9 Å². The van der Waals surface area contributed by atoms with Gasteiger partial charge in [-0.2, -0.15) is 5.10 Å². The third-order valence-electron chi connectivity index (χ3n) is 5.23. The predicted molar refractivity (Wildman–Crippen MR) is 118 cm³/mol. The molecule has 0 saturated carbocycles. The van der Waals surface area contributed by atoms with E-state index in [4.69, 9.17) is 0 Å². The summed E-state index contributed by atoms with van der Waals surface area (Å²) in [5.74, 6) is 0.535. The van der Waals surface area contributed by atoms with Gasteiger partial charge in [0.2, 0.25) is 0 Å². The van der Waals surface area contributed by atoms with E-state index in [9.17, 15) is 9.90 Å². The van der Waals surface area contributed by atoms with Crippen LogP contribution < -0.4 is 5.43 Å². The van der Waals surface area contributed by atoms with Gasteiger partial charge in [-0.05, 0) is 48.6 Å². The van der Waals surface area contributed by atoms with E-state index in [-0.39, 0.29) is 5.37 Å². The Bertz CT molecular complexity index is 908. The lowest BCUT2D eigenvalue weighted by Crippen LogP contribution is -2.49. The highest BCUT2D eigenvalue weighted by atomic mass is 32.2. The number of amidine groups is 1. The molecule has 2 aromatic rings. The molecule has 0 fully saturated rings. The fraction of sp³-hybridized carbons (Fsp3) is 0.455. The second-order valence-corrected chi connectivity index (χ2v) is 9.85. The first-order chi connectivity index (χ1) is 13.2. The number of aliphatic carboxylic acids is 1. The Morgan fingerprint density at radius 1 is 1.29 bits per heavy atom. The number of fused-ring (bicyclic) bond motifs is 1. The van der Waals surface area contributed by atoms with Gasteiger partial charge < -0.3 is 15.4 Å². The summed E-state index contributed by atoms with van der Waals surface area (Å²) in [5.41, 5.74) is 5.64. The molecular formula is C22H29N3O2S. The maximum Gasteiger partial charge on any atom is 0.319 e. The highest BCUT2D eigenvalue weighted by Crippen LogP contribution is 2.34. The van der Waals surface area contributed by atoms with E-state index < -0.39 is 10.7 Å². The van der Waals surface area contributed by atoms with E-state index in [1.807, 2.05) is 6.92 Å². The summed E-state index contributed by atoms with van der Waals surface area (Å²) in [4.78, 5) is 13.8. The van der Waals surface area contributed by atoms with Crippen LogP contribution in [0.5, 0.6) is 0 Å². The molecule has 1 unspecified atom stereocenters. The molecule has 3 rings (SSSR count). The highest BCUT2D eigenvalue weighted by molar-refractivity contribution is 8.01. The number of carboxylic acid groups (broad SMARTS) is 1. The van der Waals surface area contributed by atoms with Crippen LogP contribution in [0, 0.1) is 0 Å². The third kappa shape index (κ3) is 4.12. The summed E-state index contributed by atoms with van der Waals surface area (Å²) >= 11 is 1.46. The van der Waals surface area contributed by atoms with Gasteiger partial charge in [0.15, 0.2) is 0 Å². The lowest BCUT2D eigenvalue weighted by atomic mass is 9.93. The summed E-state index contributed by atoms with van der Waals surface area (Å²) in [6.45, 7) is 11.2. The van der Waals surface area contributed by atoms with Gasteiger partial charge in [-0.25, -0.2) is 0 Å². The Labute approximate surface area is 171 Å². The van der Waals surface area contributed by atoms with Crippen molar-refractivity contribution < 1.29 is 9.90 Å². The Hall–Kier alpha value is -2.21. The van der Waals surface area contributed by atoms with Crippen molar-refractivity contribution in [3.8, 4) is 0 Å². The van der Waals surface area contributed by atoms with Gasteiger partial charge in [0.1, 0.15) is 10.6 Å². The number of nitrogens with one attached hydrogen (secondary N) is 1. The largest absolute Gasteiger partial charge is 0.480 e. The summed E-state index contributed by atoms with van der Waals surface area (Å²) in [6, 6.07) is 13.0. The molecule has 0 aromatic heterocycles. The smallest absolute Gasteiger partial charge is 0.319 e. The van der Waals surface area contributed by atoms with Crippen LogP contribution in [-0.4, -0.2) is 38.5 Å². The minimum absolute atomic E-state index is 0.00728. The van der Waals surface area contributed by atoms with Crippen molar-refractivity contribution in [1.29, 1.82) is 0 Å². The predicted octanol–water partition coefficient (Wildman–Crippen LogP) is 4.62. The number of nitrogens with zero attached hydrogens (tertiary/aromatic N) is 2. The van der Waals surface area contributed by atoms with Crippen molar-refractivity contribution in [1.82, 2.24) is 10.3 Å². The molecule has 0 bridgehead atoms. The summed E-state index contributed by atoms with van der Waals surface area (Å²) < 4.78 is -0.869. The van der Waals surface area contributed by atoms with Gasteiger partial charge in [0, 0.05) is 6.54 Å². The SMILES string of the molecule is CC1=NNCC(SC(C)(C)C(=O)O)N1Cc1ccc(C(C)C)c2ccccc12. The first kappa shape index (κ1) is 20.5. The summed E-state index contributed by atoms with van der Waals surface area (Å²) in [7, 11) is 0. The second kappa shape index (κ2) is 8.03. The number of thioether (sulfide) groups is 1. The monoisotopic (exact) mass is 399 g/mol. The van der Waals surface area contributed by atoms with E-state index in [1.54, 1.807) is 13.8 Å². The van der Waals surface area contributed by atoms with Crippen molar-refractivity contribution in [3.63, 3.8) is 0 Å². The fourth-order valence-corrected chi connectivity index (χ4v) is 4.84. The first-order valence-corrected chi connectivity index (χ1v) is 10.5. The van der Waals surface area contributed by atoms with Crippen molar-refractivity contribution in [2.24, 2.45) is 5.10 Å². The molecule has 0 spiro atoms. The van der Waals surface area contributed by atoms with Crippen LogP contribution in [0.3, 0.4) is 0 Å². The Morgan fingerprint density at radius 3 is 2.61 bits per heavy atom. The molecule has 28 heavy (non-hydrogen) atoms. The lowest BCUT2D eigenvalue weighted by molar-refractivity contribution is -0.138. The van der Waals surface area contributed by atoms with Crippen LogP contribution in [0.4, 0.5) is 0 Å². The fourth-order valence-electron chi connectivity index (χ4n) is 3.54. The Balaban J connectivity index is 1.96. The van der Waals surface area contributed by atoms with Crippen molar-refractivity contribution >= 4 is 34.3 Å². The Kier molecular flexibility index (Phi) is 5.89. The van der Waals surface area contributed by atoms with Crippen LogP contribution >= 0.6 is 11.8 Å². The molecule has 1 heterocycles. The van der Waals surface area contributed by atoms with Gasteiger partial charge in [-0.1, -0.05) is 50.2 Å². The number of hydrazone groups is 1. The maximum absolute atomic E-state index is 11.6. The zero-order valence-electron chi connectivity index (χ0n) is 17.2.